The fourth-order valence-electron chi connectivity index (χ4n) is 2.21. The van der Waals surface area contributed by atoms with E-state index in [1.165, 1.54) is 0 Å². The number of benzene rings is 1. The Labute approximate surface area is 103 Å². The molecule has 0 radical (unpaired) electrons. The third-order valence-electron chi connectivity index (χ3n) is 3.01. The van der Waals surface area contributed by atoms with Crippen molar-refractivity contribution < 1.29 is 4.74 Å². The lowest BCUT2D eigenvalue weighted by Gasteiger charge is -2.08. The first-order chi connectivity index (χ1) is 8.70. The summed E-state index contributed by atoms with van der Waals surface area (Å²) in [6.07, 6.45) is 1.71. The third kappa shape index (κ3) is 1.46. The van der Waals surface area contributed by atoms with Gasteiger partial charge in [0.25, 0.3) is 0 Å². The number of aromatic amines is 1. The van der Waals surface area contributed by atoms with Crippen molar-refractivity contribution in [1.82, 2.24) is 9.97 Å². The highest BCUT2D eigenvalue weighted by Crippen LogP contribution is 2.29. The topological polar surface area (TPSA) is 55.0 Å². The molecule has 18 heavy (non-hydrogen) atoms. The fraction of sp³-hybridized carbons (Fsp3) is 0.143. The number of fused-ring (bicyclic) bond motifs is 3. The average Bonchev–Trinajstić information content (AvgIpc) is 2.38. The van der Waals surface area contributed by atoms with E-state index in [9.17, 15) is 4.79 Å². The van der Waals surface area contributed by atoms with Gasteiger partial charge in [-0.15, -0.1) is 0 Å². The maximum atomic E-state index is 12.0. The molecule has 4 heteroatoms. The summed E-state index contributed by atoms with van der Waals surface area (Å²) in [6, 6.07) is 7.13. The highest BCUT2D eigenvalue weighted by molar-refractivity contribution is 6.05. The van der Waals surface area contributed by atoms with Crippen LogP contribution in [0.5, 0.6) is 5.75 Å². The molecule has 4 nitrogen and oxygen atoms in total. The van der Waals surface area contributed by atoms with Gasteiger partial charge in [0.15, 0.2) is 5.43 Å². The number of aryl methyl sites for hydroxylation is 1. The van der Waals surface area contributed by atoms with E-state index in [1.54, 1.807) is 25.4 Å². The van der Waals surface area contributed by atoms with Crippen LogP contribution < -0.4 is 10.2 Å². The van der Waals surface area contributed by atoms with Crippen LogP contribution in [0.25, 0.3) is 21.8 Å². The van der Waals surface area contributed by atoms with Crippen LogP contribution in [0.15, 0.2) is 35.3 Å². The van der Waals surface area contributed by atoms with Gasteiger partial charge in [0.05, 0.1) is 23.5 Å². The molecule has 0 saturated carbocycles. The molecular weight excluding hydrogens is 228 g/mol. The molecule has 0 fully saturated rings. The number of hydrogen-bond donors (Lipinski definition) is 1. The molecule has 3 rings (SSSR count). The molecule has 1 aromatic carbocycles. The lowest BCUT2D eigenvalue weighted by molar-refractivity contribution is 0.420. The minimum absolute atomic E-state index is 0.0212. The van der Waals surface area contributed by atoms with Crippen LogP contribution in [-0.2, 0) is 0 Å². The van der Waals surface area contributed by atoms with E-state index in [-0.39, 0.29) is 5.43 Å². The highest BCUT2D eigenvalue weighted by Gasteiger charge is 2.10. The second-order valence-corrected chi connectivity index (χ2v) is 4.22. The van der Waals surface area contributed by atoms with E-state index >= 15 is 0 Å². The maximum absolute atomic E-state index is 12.0. The molecule has 2 heterocycles. The molecule has 2 aromatic heterocycles. The van der Waals surface area contributed by atoms with Crippen LogP contribution in [-0.4, -0.2) is 17.1 Å². The third-order valence-corrected chi connectivity index (χ3v) is 3.01. The van der Waals surface area contributed by atoms with Crippen LogP contribution in [0.1, 0.15) is 5.69 Å². The monoisotopic (exact) mass is 240 g/mol. The molecule has 3 aromatic rings. The van der Waals surface area contributed by atoms with Gasteiger partial charge in [0, 0.05) is 23.3 Å². The predicted octanol–water partition coefficient (Wildman–Crippen LogP) is 2.39. The Morgan fingerprint density at radius 2 is 2.11 bits per heavy atom. The Morgan fingerprint density at radius 1 is 1.28 bits per heavy atom. The molecule has 90 valence electrons. The molecule has 0 unspecified atom stereocenters. The van der Waals surface area contributed by atoms with Crippen molar-refractivity contribution in [2.24, 2.45) is 0 Å². The molecule has 0 bridgehead atoms. The minimum atomic E-state index is -0.0212. The molecule has 0 amide bonds. The van der Waals surface area contributed by atoms with E-state index in [2.05, 4.69) is 9.97 Å². The SMILES string of the molecule is COc1cc2c(=O)cc(C)[nH]c2c2ncccc12. The summed E-state index contributed by atoms with van der Waals surface area (Å²) in [6.45, 7) is 1.86. The summed E-state index contributed by atoms with van der Waals surface area (Å²) >= 11 is 0. The Bertz CT molecular complexity index is 806. The van der Waals surface area contributed by atoms with Crippen LogP contribution in [0.2, 0.25) is 0 Å². The quantitative estimate of drug-likeness (QED) is 0.664. The van der Waals surface area contributed by atoms with Gasteiger partial charge in [0.2, 0.25) is 0 Å². The van der Waals surface area contributed by atoms with Crippen LogP contribution in [0.4, 0.5) is 0 Å². The first-order valence-electron chi connectivity index (χ1n) is 5.66. The summed E-state index contributed by atoms with van der Waals surface area (Å²) in [5.41, 5.74) is 2.32. The minimum Gasteiger partial charge on any atom is -0.496 e. The van der Waals surface area contributed by atoms with Crippen LogP contribution >= 0.6 is 0 Å². The smallest absolute Gasteiger partial charge is 0.189 e. The summed E-state index contributed by atoms with van der Waals surface area (Å²) in [4.78, 5) is 19.6. The number of nitrogens with zero attached hydrogens (tertiary/aromatic N) is 1. The number of methoxy groups -OCH3 is 1. The largest absolute Gasteiger partial charge is 0.496 e. The van der Waals surface area contributed by atoms with Crippen molar-refractivity contribution in [2.45, 2.75) is 6.92 Å². The van der Waals surface area contributed by atoms with E-state index < -0.39 is 0 Å². The zero-order valence-electron chi connectivity index (χ0n) is 10.2. The van der Waals surface area contributed by atoms with Gasteiger partial charge < -0.3 is 9.72 Å². The van der Waals surface area contributed by atoms with E-state index in [1.807, 2.05) is 19.1 Å². The van der Waals surface area contributed by atoms with Crippen molar-refractivity contribution >= 4 is 21.8 Å². The van der Waals surface area contributed by atoms with Crippen molar-refractivity contribution in [1.29, 1.82) is 0 Å². The normalized spacial score (nSPS) is 11.0. The van der Waals surface area contributed by atoms with Gasteiger partial charge in [-0.05, 0) is 25.1 Å². The summed E-state index contributed by atoms with van der Waals surface area (Å²) < 4.78 is 5.33. The first-order valence-corrected chi connectivity index (χ1v) is 5.66. The summed E-state index contributed by atoms with van der Waals surface area (Å²) in [7, 11) is 1.59. The molecule has 1 N–H and O–H groups in total. The standard InChI is InChI=1S/C14H12N2O2/c1-8-6-11(17)10-7-12(18-2)9-4-3-5-15-13(9)14(10)16-8/h3-7H,1-2H3,(H,16,17). The summed E-state index contributed by atoms with van der Waals surface area (Å²) in [5, 5.41) is 1.50. The van der Waals surface area contributed by atoms with Crippen molar-refractivity contribution in [3.63, 3.8) is 0 Å². The summed E-state index contributed by atoms with van der Waals surface area (Å²) in [5.74, 6) is 0.667. The van der Waals surface area contributed by atoms with Gasteiger partial charge in [-0.3, -0.25) is 9.78 Å². The lowest BCUT2D eigenvalue weighted by atomic mass is 10.1. The zero-order chi connectivity index (χ0) is 12.7. The Kier molecular flexibility index (Phi) is 2.30. The number of hydrogen-bond acceptors (Lipinski definition) is 3. The maximum Gasteiger partial charge on any atom is 0.189 e. The molecule has 0 spiro atoms. The first kappa shape index (κ1) is 10.8. The molecule has 0 aliphatic rings. The number of rotatable bonds is 1. The van der Waals surface area contributed by atoms with Gasteiger partial charge in [0.1, 0.15) is 5.75 Å². The van der Waals surface area contributed by atoms with Crippen LogP contribution in [0.3, 0.4) is 0 Å². The van der Waals surface area contributed by atoms with Gasteiger partial charge >= 0.3 is 0 Å². The Balaban J connectivity index is 2.63. The predicted molar refractivity (Wildman–Crippen MR) is 71.2 cm³/mol. The van der Waals surface area contributed by atoms with Gasteiger partial charge in [-0.2, -0.15) is 0 Å². The number of aromatic nitrogens is 2. The van der Waals surface area contributed by atoms with E-state index in [0.29, 0.717) is 11.1 Å². The number of nitrogens with one attached hydrogen (secondary N) is 1. The van der Waals surface area contributed by atoms with Crippen molar-refractivity contribution in [3.05, 3.63) is 46.4 Å². The van der Waals surface area contributed by atoms with Gasteiger partial charge in [-0.25, -0.2) is 0 Å². The average molecular weight is 240 g/mol. The van der Waals surface area contributed by atoms with Crippen molar-refractivity contribution in [3.8, 4) is 5.75 Å². The molecule has 0 saturated heterocycles. The van der Waals surface area contributed by atoms with E-state index in [0.717, 1.165) is 22.1 Å². The second-order valence-electron chi connectivity index (χ2n) is 4.22. The number of pyridine rings is 2. The number of H-pyrrole nitrogens is 1. The second kappa shape index (κ2) is 3.84. The zero-order valence-corrected chi connectivity index (χ0v) is 10.2. The van der Waals surface area contributed by atoms with Crippen LogP contribution in [0, 0.1) is 6.92 Å². The number of ether oxygens (including phenoxy) is 1. The molecule has 0 aliphatic heterocycles. The van der Waals surface area contributed by atoms with Crippen molar-refractivity contribution in [2.75, 3.05) is 7.11 Å². The Hall–Kier alpha value is -2.36. The van der Waals surface area contributed by atoms with E-state index in [4.69, 9.17) is 4.74 Å². The molecule has 0 atom stereocenters. The fourth-order valence-corrected chi connectivity index (χ4v) is 2.21. The van der Waals surface area contributed by atoms with Gasteiger partial charge in [-0.1, -0.05) is 0 Å². The molecule has 0 aliphatic carbocycles. The lowest BCUT2D eigenvalue weighted by Crippen LogP contribution is -2.04. The highest BCUT2D eigenvalue weighted by atomic mass is 16.5. The molecular formula is C14H12N2O2. The Morgan fingerprint density at radius 3 is 2.89 bits per heavy atom.